The number of phenolic OH excluding ortho intramolecular Hbond substituents is 1. The molecule has 0 spiro atoms. The number of fused-ring (bicyclic) bond motifs is 1. The first-order valence-corrected chi connectivity index (χ1v) is 12.9. The van der Waals surface area contributed by atoms with Crippen molar-refractivity contribution in [3.63, 3.8) is 0 Å². The molecule has 10 heteroatoms. The van der Waals surface area contributed by atoms with Gasteiger partial charge in [-0.1, -0.05) is 17.7 Å². The number of aromatic hydroxyl groups is 1. The number of hydrogen-bond acceptors (Lipinski definition) is 8. The number of aldehydes is 1. The van der Waals surface area contributed by atoms with E-state index in [1.54, 1.807) is 19.1 Å². The number of anilines is 2. The number of pyridine rings is 1. The summed E-state index contributed by atoms with van der Waals surface area (Å²) in [6.45, 7) is 7.94. The number of halogens is 2. The monoisotopic (exact) mass is 551 g/mol. The lowest BCUT2D eigenvalue weighted by Gasteiger charge is -2.29. The Balaban J connectivity index is 1.61. The average Bonchev–Trinajstić information content (AvgIpc) is 2.93. The number of nitrogens with zero attached hydrogens (tertiary/aromatic N) is 2. The highest BCUT2D eigenvalue weighted by molar-refractivity contribution is 6.29. The van der Waals surface area contributed by atoms with Crippen LogP contribution in [0, 0.1) is 19.7 Å². The maximum atomic E-state index is 14.4. The summed E-state index contributed by atoms with van der Waals surface area (Å²) in [6, 6.07) is 9.12. The zero-order valence-electron chi connectivity index (χ0n) is 21.7. The second kappa shape index (κ2) is 10.7. The predicted octanol–water partition coefficient (Wildman–Crippen LogP) is 5.79. The molecule has 39 heavy (non-hydrogen) atoms. The van der Waals surface area contributed by atoms with Crippen molar-refractivity contribution in [2.75, 3.05) is 36.5 Å². The largest absolute Gasteiger partial charge is 0.504 e. The third-order valence-corrected chi connectivity index (χ3v) is 7.07. The first-order valence-electron chi connectivity index (χ1n) is 12.5. The van der Waals surface area contributed by atoms with Crippen LogP contribution < -0.4 is 15.6 Å². The molecule has 4 aromatic rings. The molecular formula is C29H27ClFN3O5. The third kappa shape index (κ3) is 5.07. The van der Waals surface area contributed by atoms with Crippen LogP contribution in [0.4, 0.5) is 16.0 Å². The number of ether oxygens (including phenoxy) is 1. The predicted molar refractivity (Wildman–Crippen MR) is 149 cm³/mol. The van der Waals surface area contributed by atoms with Gasteiger partial charge in [0.1, 0.15) is 10.7 Å². The van der Waals surface area contributed by atoms with E-state index in [1.165, 1.54) is 6.07 Å². The van der Waals surface area contributed by atoms with Crippen molar-refractivity contribution >= 4 is 40.4 Å². The Bertz CT molecular complexity index is 1650. The Hall–Kier alpha value is -3.95. The van der Waals surface area contributed by atoms with E-state index < -0.39 is 11.6 Å². The number of morpholine rings is 1. The number of aromatic nitrogens is 1. The van der Waals surface area contributed by atoms with Gasteiger partial charge in [0, 0.05) is 24.2 Å². The summed E-state index contributed by atoms with van der Waals surface area (Å²) in [4.78, 5) is 31.2. The Labute approximate surface area is 229 Å². The van der Waals surface area contributed by atoms with Crippen LogP contribution in [-0.4, -0.2) is 42.7 Å². The molecule has 2 N–H and O–H groups in total. The van der Waals surface area contributed by atoms with Crippen LogP contribution in [0.3, 0.4) is 0 Å². The van der Waals surface area contributed by atoms with E-state index in [9.17, 15) is 19.1 Å². The van der Waals surface area contributed by atoms with Crippen molar-refractivity contribution in [3.05, 3.63) is 79.8 Å². The smallest absolute Gasteiger partial charge is 0.203 e. The SMILES string of the molecule is Cc1cc(C(C)Nc2ccc(Cl)nc2-c2cc(F)c(O)c(C=O)c2)c2oc(N3CCOCC3)c(C)c(=O)c2c1. The summed E-state index contributed by atoms with van der Waals surface area (Å²) >= 11 is 6.17. The lowest BCUT2D eigenvalue weighted by atomic mass is 9.99. The number of carbonyl (C=O) groups is 1. The van der Waals surface area contributed by atoms with Gasteiger partial charge in [0.25, 0.3) is 0 Å². The van der Waals surface area contributed by atoms with Crippen molar-refractivity contribution < 1.29 is 23.4 Å². The molecule has 8 nitrogen and oxygen atoms in total. The molecule has 0 bridgehead atoms. The van der Waals surface area contributed by atoms with E-state index >= 15 is 0 Å². The Morgan fingerprint density at radius 3 is 2.64 bits per heavy atom. The van der Waals surface area contributed by atoms with Gasteiger partial charge >= 0.3 is 0 Å². The van der Waals surface area contributed by atoms with Crippen molar-refractivity contribution in [1.29, 1.82) is 0 Å². The molecule has 0 radical (unpaired) electrons. The molecule has 5 rings (SSSR count). The topological polar surface area (TPSA) is 105 Å². The summed E-state index contributed by atoms with van der Waals surface area (Å²) < 4.78 is 26.3. The molecule has 1 saturated heterocycles. The van der Waals surface area contributed by atoms with E-state index in [0.29, 0.717) is 66.4 Å². The highest BCUT2D eigenvalue weighted by atomic mass is 35.5. The van der Waals surface area contributed by atoms with E-state index in [2.05, 4.69) is 10.3 Å². The van der Waals surface area contributed by atoms with Gasteiger partial charge in [0.2, 0.25) is 5.88 Å². The fourth-order valence-corrected chi connectivity index (χ4v) is 5.02. The molecule has 0 aliphatic carbocycles. The number of hydrogen-bond donors (Lipinski definition) is 2. The van der Waals surface area contributed by atoms with Crippen LogP contribution in [0.1, 0.15) is 40.0 Å². The molecule has 202 valence electrons. The standard InChI is InChI=1S/C29H27ClFN3O5/c1-15-10-20(28-21(11-15)26(36)16(2)29(39-28)34-6-8-38-9-7-34)17(3)32-23-4-5-24(30)33-25(23)18-12-19(14-35)27(37)22(31)13-18/h4-5,10-14,17,32,37H,6-9H2,1-3H3. The fourth-order valence-electron chi connectivity index (χ4n) is 4.88. The number of aryl methyl sites for hydroxylation is 1. The lowest BCUT2D eigenvalue weighted by molar-refractivity contribution is 0.112. The minimum absolute atomic E-state index is 0.0929. The van der Waals surface area contributed by atoms with Crippen molar-refractivity contribution in [2.24, 2.45) is 0 Å². The summed E-state index contributed by atoms with van der Waals surface area (Å²) in [5.41, 5.74) is 3.42. The Morgan fingerprint density at radius 1 is 1.18 bits per heavy atom. The second-order valence-corrected chi connectivity index (χ2v) is 9.99. The molecule has 2 aromatic heterocycles. The Morgan fingerprint density at radius 2 is 1.92 bits per heavy atom. The number of nitrogens with one attached hydrogen (secondary N) is 1. The molecule has 2 aromatic carbocycles. The zero-order chi connectivity index (χ0) is 27.8. The maximum Gasteiger partial charge on any atom is 0.203 e. The summed E-state index contributed by atoms with van der Waals surface area (Å²) in [5, 5.41) is 13.9. The van der Waals surface area contributed by atoms with Gasteiger partial charge in [-0.05, 0) is 56.7 Å². The molecule has 1 aliphatic heterocycles. The molecule has 1 aliphatic rings. The van der Waals surface area contributed by atoms with Crippen molar-refractivity contribution in [3.8, 4) is 17.0 Å². The van der Waals surface area contributed by atoms with Gasteiger partial charge in [-0.15, -0.1) is 0 Å². The Kier molecular flexibility index (Phi) is 7.29. The van der Waals surface area contributed by atoms with Crippen LogP contribution in [0.5, 0.6) is 5.75 Å². The highest BCUT2D eigenvalue weighted by Crippen LogP contribution is 2.36. The number of benzene rings is 2. The first kappa shape index (κ1) is 26.6. The van der Waals surface area contributed by atoms with Gasteiger partial charge in [-0.25, -0.2) is 9.37 Å². The van der Waals surface area contributed by atoms with E-state index in [-0.39, 0.29) is 27.8 Å². The molecular weight excluding hydrogens is 525 g/mol. The van der Waals surface area contributed by atoms with Gasteiger partial charge in [-0.3, -0.25) is 9.59 Å². The third-order valence-electron chi connectivity index (χ3n) is 6.86. The van der Waals surface area contributed by atoms with E-state index in [0.717, 1.165) is 17.2 Å². The van der Waals surface area contributed by atoms with Crippen LogP contribution in [-0.2, 0) is 4.74 Å². The minimum Gasteiger partial charge on any atom is -0.504 e. The quantitative estimate of drug-likeness (QED) is 0.229. The zero-order valence-corrected chi connectivity index (χ0v) is 22.4. The molecule has 1 atom stereocenters. The molecule has 1 fully saturated rings. The fraction of sp³-hybridized carbons (Fsp3) is 0.276. The molecule has 0 amide bonds. The van der Waals surface area contributed by atoms with E-state index in [4.69, 9.17) is 20.8 Å². The van der Waals surface area contributed by atoms with Gasteiger partial charge in [0.15, 0.2) is 23.3 Å². The summed E-state index contributed by atoms with van der Waals surface area (Å²) in [6.07, 6.45) is 0.372. The van der Waals surface area contributed by atoms with Gasteiger partial charge in [-0.2, -0.15) is 0 Å². The van der Waals surface area contributed by atoms with Gasteiger partial charge < -0.3 is 24.5 Å². The normalized spacial score (nSPS) is 14.4. The molecule has 0 saturated carbocycles. The van der Waals surface area contributed by atoms with Crippen LogP contribution >= 0.6 is 11.6 Å². The van der Waals surface area contributed by atoms with Crippen LogP contribution in [0.25, 0.3) is 22.2 Å². The minimum atomic E-state index is -0.951. The highest BCUT2D eigenvalue weighted by Gasteiger charge is 2.23. The number of phenols is 1. The average molecular weight is 552 g/mol. The van der Waals surface area contributed by atoms with Gasteiger partial charge in [0.05, 0.1) is 47.2 Å². The van der Waals surface area contributed by atoms with E-state index in [1.807, 2.05) is 30.9 Å². The summed E-state index contributed by atoms with van der Waals surface area (Å²) in [7, 11) is 0. The molecule has 1 unspecified atom stereocenters. The lowest BCUT2D eigenvalue weighted by Crippen LogP contribution is -2.37. The number of carbonyl (C=O) groups excluding carboxylic acids is 1. The van der Waals surface area contributed by atoms with Crippen molar-refractivity contribution in [2.45, 2.75) is 26.8 Å². The maximum absolute atomic E-state index is 14.4. The summed E-state index contributed by atoms with van der Waals surface area (Å²) in [5.74, 6) is -1.15. The van der Waals surface area contributed by atoms with Crippen LogP contribution in [0.15, 0.2) is 45.6 Å². The number of rotatable bonds is 6. The van der Waals surface area contributed by atoms with Crippen LogP contribution in [0.2, 0.25) is 5.15 Å². The second-order valence-electron chi connectivity index (χ2n) is 9.60. The van der Waals surface area contributed by atoms with Crippen molar-refractivity contribution in [1.82, 2.24) is 4.98 Å². The molecule has 3 heterocycles. The first-order chi connectivity index (χ1) is 18.7.